The van der Waals surface area contributed by atoms with E-state index < -0.39 is 0 Å². The third kappa shape index (κ3) is 5.94. The van der Waals surface area contributed by atoms with E-state index in [0.29, 0.717) is 5.92 Å². The van der Waals surface area contributed by atoms with Crippen molar-refractivity contribution in [2.24, 2.45) is 5.92 Å². The average Bonchev–Trinajstić information content (AvgIpc) is 2.27. The Balaban J connectivity index is 2.20. The van der Waals surface area contributed by atoms with E-state index in [1.807, 2.05) is 25.1 Å². The zero-order valence-electron chi connectivity index (χ0n) is 10.9. The Bertz CT molecular complexity index is 339. The number of benzene rings is 1. The van der Waals surface area contributed by atoms with Crippen LogP contribution in [0.25, 0.3) is 0 Å². The molecule has 0 heterocycles. The quantitative estimate of drug-likeness (QED) is 0.751. The van der Waals surface area contributed by atoms with E-state index in [-0.39, 0.29) is 0 Å². The van der Waals surface area contributed by atoms with Gasteiger partial charge in [-0.05, 0) is 50.0 Å². The summed E-state index contributed by atoms with van der Waals surface area (Å²) in [6.45, 7) is 9.24. The number of hydrogen-bond donors (Lipinski definition) is 1. The zero-order valence-corrected chi connectivity index (χ0v) is 11.7. The molecule has 0 bridgehead atoms. The minimum Gasteiger partial charge on any atom is -0.493 e. The van der Waals surface area contributed by atoms with Crippen molar-refractivity contribution in [2.75, 3.05) is 19.7 Å². The molecule has 0 radical (unpaired) electrons. The summed E-state index contributed by atoms with van der Waals surface area (Å²) in [4.78, 5) is 0. The number of nitrogens with one attached hydrogen (secondary N) is 1. The molecule has 0 aliphatic heterocycles. The Hall–Kier alpha value is -0.730. The van der Waals surface area contributed by atoms with Gasteiger partial charge in [0.2, 0.25) is 0 Å². The maximum absolute atomic E-state index is 5.92. The first kappa shape index (κ1) is 14.3. The largest absolute Gasteiger partial charge is 0.493 e. The monoisotopic (exact) mass is 255 g/mol. The molecule has 1 rings (SSSR count). The molecule has 0 aliphatic carbocycles. The topological polar surface area (TPSA) is 21.3 Å². The van der Waals surface area contributed by atoms with Crippen LogP contribution in [0.2, 0.25) is 5.02 Å². The number of hydrogen-bond acceptors (Lipinski definition) is 2. The third-order valence-corrected chi connectivity index (χ3v) is 2.69. The molecule has 0 unspecified atom stereocenters. The van der Waals surface area contributed by atoms with E-state index in [9.17, 15) is 0 Å². The molecule has 2 nitrogen and oxygen atoms in total. The molecule has 0 atom stereocenters. The highest BCUT2D eigenvalue weighted by Crippen LogP contribution is 2.22. The lowest BCUT2D eigenvalue weighted by Gasteiger charge is -2.10. The summed E-state index contributed by atoms with van der Waals surface area (Å²) < 4.78 is 5.70. The molecule has 1 aromatic carbocycles. The average molecular weight is 256 g/mol. The van der Waals surface area contributed by atoms with Gasteiger partial charge in [-0.15, -0.1) is 0 Å². The second-order valence-corrected chi connectivity index (χ2v) is 5.15. The lowest BCUT2D eigenvalue weighted by atomic mass is 10.2. The minimum atomic E-state index is 0.700. The van der Waals surface area contributed by atoms with E-state index >= 15 is 0 Å². The fraction of sp³-hybridized carbons (Fsp3) is 0.571. The summed E-state index contributed by atoms with van der Waals surface area (Å²) in [5.41, 5.74) is 1.13. The van der Waals surface area contributed by atoms with Gasteiger partial charge in [0.25, 0.3) is 0 Å². The maximum Gasteiger partial charge on any atom is 0.123 e. The van der Waals surface area contributed by atoms with Crippen molar-refractivity contribution < 1.29 is 4.74 Å². The first-order chi connectivity index (χ1) is 8.09. The van der Waals surface area contributed by atoms with Gasteiger partial charge in [-0.2, -0.15) is 0 Å². The summed E-state index contributed by atoms with van der Waals surface area (Å²) in [7, 11) is 0. The standard InChI is InChI=1S/C14H22ClNO/c1-11(2)10-16-7-4-8-17-14-9-13(15)6-5-12(14)3/h5-6,9,11,16H,4,7-8,10H2,1-3H3. The molecule has 0 fully saturated rings. The van der Waals surface area contributed by atoms with Gasteiger partial charge in [0.15, 0.2) is 0 Å². The molecule has 96 valence electrons. The molecule has 1 aromatic rings. The zero-order chi connectivity index (χ0) is 12.7. The third-order valence-electron chi connectivity index (χ3n) is 2.46. The summed E-state index contributed by atoms with van der Waals surface area (Å²) in [6.07, 6.45) is 1.01. The number of aryl methyl sites for hydroxylation is 1. The lowest BCUT2D eigenvalue weighted by molar-refractivity contribution is 0.305. The summed E-state index contributed by atoms with van der Waals surface area (Å²) in [5.74, 6) is 1.59. The number of rotatable bonds is 7. The Morgan fingerprint density at radius 1 is 1.35 bits per heavy atom. The molecule has 17 heavy (non-hydrogen) atoms. The van der Waals surface area contributed by atoms with Crippen LogP contribution in [0.5, 0.6) is 5.75 Å². The van der Waals surface area contributed by atoms with Gasteiger partial charge in [0, 0.05) is 5.02 Å². The van der Waals surface area contributed by atoms with Gasteiger partial charge in [-0.1, -0.05) is 31.5 Å². The highest BCUT2D eigenvalue weighted by molar-refractivity contribution is 6.30. The summed E-state index contributed by atoms with van der Waals surface area (Å²) in [5, 5.41) is 4.12. The second-order valence-electron chi connectivity index (χ2n) is 4.71. The lowest BCUT2D eigenvalue weighted by Crippen LogP contribution is -2.22. The van der Waals surface area contributed by atoms with Crippen molar-refractivity contribution in [3.8, 4) is 5.75 Å². The van der Waals surface area contributed by atoms with Crippen LogP contribution in [0.3, 0.4) is 0 Å². The van der Waals surface area contributed by atoms with E-state index in [1.54, 1.807) is 0 Å². The number of halogens is 1. The van der Waals surface area contributed by atoms with E-state index in [1.165, 1.54) is 0 Å². The van der Waals surface area contributed by atoms with Crippen LogP contribution in [0, 0.1) is 12.8 Å². The Morgan fingerprint density at radius 2 is 2.12 bits per heavy atom. The molecular weight excluding hydrogens is 234 g/mol. The molecular formula is C14H22ClNO. The summed E-state index contributed by atoms with van der Waals surface area (Å²) >= 11 is 5.92. The minimum absolute atomic E-state index is 0.700. The second kappa shape index (κ2) is 7.57. The van der Waals surface area contributed by atoms with Gasteiger partial charge in [-0.3, -0.25) is 0 Å². The SMILES string of the molecule is Cc1ccc(Cl)cc1OCCCNCC(C)C. The molecule has 0 aromatic heterocycles. The van der Waals surface area contributed by atoms with E-state index in [2.05, 4.69) is 19.2 Å². The van der Waals surface area contributed by atoms with E-state index in [0.717, 1.165) is 42.5 Å². The smallest absolute Gasteiger partial charge is 0.123 e. The van der Waals surface area contributed by atoms with Crippen molar-refractivity contribution in [1.29, 1.82) is 0 Å². The predicted octanol–water partition coefficient (Wildman–Crippen LogP) is 3.66. The highest BCUT2D eigenvalue weighted by atomic mass is 35.5. The van der Waals surface area contributed by atoms with Crippen LogP contribution in [0.1, 0.15) is 25.8 Å². The van der Waals surface area contributed by atoms with Gasteiger partial charge >= 0.3 is 0 Å². The van der Waals surface area contributed by atoms with Crippen molar-refractivity contribution in [2.45, 2.75) is 27.2 Å². The maximum atomic E-state index is 5.92. The Morgan fingerprint density at radius 3 is 2.82 bits per heavy atom. The predicted molar refractivity (Wildman–Crippen MR) is 74.0 cm³/mol. The molecule has 0 saturated heterocycles. The van der Waals surface area contributed by atoms with Crippen LogP contribution < -0.4 is 10.1 Å². The van der Waals surface area contributed by atoms with Crippen molar-refractivity contribution in [3.63, 3.8) is 0 Å². The summed E-state index contributed by atoms with van der Waals surface area (Å²) in [6, 6.07) is 5.74. The van der Waals surface area contributed by atoms with Crippen molar-refractivity contribution in [3.05, 3.63) is 28.8 Å². The fourth-order valence-electron chi connectivity index (χ4n) is 1.50. The Kier molecular flexibility index (Phi) is 6.38. The van der Waals surface area contributed by atoms with Crippen LogP contribution in [0.15, 0.2) is 18.2 Å². The molecule has 0 saturated carbocycles. The van der Waals surface area contributed by atoms with Crippen LogP contribution in [0.4, 0.5) is 0 Å². The number of ether oxygens (including phenoxy) is 1. The molecule has 1 N–H and O–H groups in total. The molecule has 0 amide bonds. The highest BCUT2D eigenvalue weighted by Gasteiger charge is 2.00. The van der Waals surface area contributed by atoms with Crippen LogP contribution >= 0.6 is 11.6 Å². The first-order valence-electron chi connectivity index (χ1n) is 6.19. The Labute approximate surface area is 109 Å². The van der Waals surface area contributed by atoms with Gasteiger partial charge in [0.1, 0.15) is 5.75 Å². The molecule has 0 spiro atoms. The normalized spacial score (nSPS) is 10.9. The van der Waals surface area contributed by atoms with E-state index in [4.69, 9.17) is 16.3 Å². The van der Waals surface area contributed by atoms with Gasteiger partial charge in [-0.25, -0.2) is 0 Å². The van der Waals surface area contributed by atoms with Crippen LogP contribution in [-0.2, 0) is 0 Å². The van der Waals surface area contributed by atoms with Crippen molar-refractivity contribution in [1.82, 2.24) is 5.32 Å². The first-order valence-corrected chi connectivity index (χ1v) is 6.57. The fourth-order valence-corrected chi connectivity index (χ4v) is 1.66. The molecule has 0 aliphatic rings. The van der Waals surface area contributed by atoms with Gasteiger partial charge in [0.05, 0.1) is 6.61 Å². The van der Waals surface area contributed by atoms with Gasteiger partial charge < -0.3 is 10.1 Å². The van der Waals surface area contributed by atoms with Crippen molar-refractivity contribution >= 4 is 11.6 Å². The van der Waals surface area contributed by atoms with Crippen LogP contribution in [-0.4, -0.2) is 19.7 Å². The molecule has 3 heteroatoms.